The molecule has 0 bridgehead atoms. The molecule has 0 saturated heterocycles. The average Bonchev–Trinajstić information content (AvgIpc) is 3.25. The Bertz CT molecular complexity index is 1450. The van der Waals surface area contributed by atoms with Crippen LogP contribution >= 0.6 is 11.6 Å². The Balaban J connectivity index is 1.81. The van der Waals surface area contributed by atoms with E-state index in [1.54, 1.807) is 27.6 Å². The molecule has 0 aliphatic carbocycles. The summed E-state index contributed by atoms with van der Waals surface area (Å²) >= 11 is 6.10. The summed E-state index contributed by atoms with van der Waals surface area (Å²) in [5.41, 5.74) is 4.25. The van der Waals surface area contributed by atoms with Gasteiger partial charge < -0.3 is 0 Å². The van der Waals surface area contributed by atoms with Crippen LogP contribution in [0.3, 0.4) is 0 Å². The minimum Gasteiger partial charge on any atom is -0.293 e. The van der Waals surface area contributed by atoms with E-state index in [-0.39, 0.29) is 5.56 Å². The summed E-state index contributed by atoms with van der Waals surface area (Å²) in [5, 5.41) is 0.623. The van der Waals surface area contributed by atoms with Crippen molar-refractivity contribution in [3.05, 3.63) is 106 Å². The van der Waals surface area contributed by atoms with Crippen molar-refractivity contribution >= 4 is 22.8 Å². The fourth-order valence-electron chi connectivity index (χ4n) is 3.80. The minimum atomic E-state index is -0.182. The van der Waals surface area contributed by atoms with Gasteiger partial charge in [-0.3, -0.25) is 13.9 Å². The highest BCUT2D eigenvalue weighted by Gasteiger charge is 2.19. The standard InChI is InChI=1S/C26H21ClN4O/c1-17(2)18-10-14-22(15-11-18)31-25(19-8-12-20(27)13-9-19)29-24-23(26(31)32)30(16-28-24)21-6-4-3-5-7-21/h3-17H,1-2H3. The summed E-state index contributed by atoms with van der Waals surface area (Å²) in [6, 6.07) is 25.0. The van der Waals surface area contributed by atoms with Gasteiger partial charge in [0.1, 0.15) is 12.2 Å². The highest BCUT2D eigenvalue weighted by molar-refractivity contribution is 6.30. The third-order valence-corrected chi connectivity index (χ3v) is 5.78. The predicted molar refractivity (Wildman–Crippen MR) is 129 cm³/mol. The second-order valence-corrected chi connectivity index (χ2v) is 8.39. The molecule has 0 N–H and O–H groups in total. The van der Waals surface area contributed by atoms with Crippen LogP contribution in [-0.2, 0) is 0 Å². The number of hydrogen-bond donors (Lipinski definition) is 0. The quantitative estimate of drug-likeness (QED) is 0.343. The van der Waals surface area contributed by atoms with Gasteiger partial charge in [-0.25, -0.2) is 9.97 Å². The summed E-state index contributed by atoms with van der Waals surface area (Å²) in [5.74, 6) is 0.923. The van der Waals surface area contributed by atoms with E-state index in [2.05, 4.69) is 31.0 Å². The van der Waals surface area contributed by atoms with E-state index in [0.717, 1.165) is 16.9 Å². The molecule has 0 fully saturated rings. The molecule has 0 amide bonds. The van der Waals surface area contributed by atoms with Gasteiger partial charge in [0, 0.05) is 16.3 Å². The van der Waals surface area contributed by atoms with Gasteiger partial charge in [-0.15, -0.1) is 0 Å². The fourth-order valence-corrected chi connectivity index (χ4v) is 3.92. The molecule has 2 aromatic heterocycles. The molecule has 0 radical (unpaired) electrons. The molecule has 32 heavy (non-hydrogen) atoms. The van der Waals surface area contributed by atoms with E-state index in [0.29, 0.717) is 27.9 Å². The van der Waals surface area contributed by atoms with Gasteiger partial charge in [0.25, 0.3) is 5.56 Å². The van der Waals surface area contributed by atoms with Gasteiger partial charge >= 0.3 is 0 Å². The molecule has 2 heterocycles. The van der Waals surface area contributed by atoms with Crippen molar-refractivity contribution in [1.29, 1.82) is 0 Å². The molecule has 3 aromatic carbocycles. The predicted octanol–water partition coefficient (Wildman–Crippen LogP) is 6.02. The van der Waals surface area contributed by atoms with Gasteiger partial charge in [-0.05, 0) is 60.0 Å². The van der Waals surface area contributed by atoms with Crippen molar-refractivity contribution in [1.82, 2.24) is 19.1 Å². The SMILES string of the molecule is CC(C)c1ccc(-n2c(-c3ccc(Cl)cc3)nc3ncn(-c4ccccc4)c3c2=O)cc1. The first-order valence-corrected chi connectivity index (χ1v) is 10.8. The average molecular weight is 441 g/mol. The maximum atomic E-state index is 13.9. The molecule has 5 nitrogen and oxygen atoms in total. The summed E-state index contributed by atoms with van der Waals surface area (Å²) in [7, 11) is 0. The van der Waals surface area contributed by atoms with Crippen LogP contribution in [-0.4, -0.2) is 19.1 Å². The Morgan fingerprint density at radius 1 is 0.844 bits per heavy atom. The fraction of sp³-hybridized carbons (Fsp3) is 0.115. The zero-order valence-electron chi connectivity index (χ0n) is 17.7. The van der Waals surface area contributed by atoms with Crippen molar-refractivity contribution in [2.45, 2.75) is 19.8 Å². The first kappa shape index (κ1) is 20.2. The molecule has 0 saturated carbocycles. The highest BCUT2D eigenvalue weighted by atomic mass is 35.5. The molecule has 158 valence electrons. The maximum absolute atomic E-state index is 13.9. The molecule has 6 heteroatoms. The maximum Gasteiger partial charge on any atom is 0.285 e. The zero-order chi connectivity index (χ0) is 22.2. The summed E-state index contributed by atoms with van der Waals surface area (Å²) in [6.07, 6.45) is 1.65. The monoisotopic (exact) mass is 440 g/mol. The normalized spacial score (nSPS) is 11.4. The molecule has 5 rings (SSSR count). The molecule has 0 unspecified atom stereocenters. The van der Waals surface area contributed by atoms with Gasteiger partial charge in [0.05, 0.1) is 5.69 Å². The number of nitrogens with zero attached hydrogens (tertiary/aromatic N) is 4. The lowest BCUT2D eigenvalue weighted by atomic mass is 10.0. The number of imidazole rings is 1. The van der Waals surface area contributed by atoms with Crippen molar-refractivity contribution in [2.24, 2.45) is 0 Å². The van der Waals surface area contributed by atoms with Crippen LogP contribution in [0.2, 0.25) is 5.02 Å². The third-order valence-electron chi connectivity index (χ3n) is 5.53. The van der Waals surface area contributed by atoms with E-state index in [1.165, 1.54) is 5.56 Å². The zero-order valence-corrected chi connectivity index (χ0v) is 18.5. The number of benzene rings is 3. The van der Waals surface area contributed by atoms with Crippen LogP contribution in [0.15, 0.2) is 90.0 Å². The van der Waals surface area contributed by atoms with E-state index >= 15 is 0 Å². The van der Waals surface area contributed by atoms with E-state index < -0.39 is 0 Å². The van der Waals surface area contributed by atoms with Crippen LogP contribution in [0.25, 0.3) is 33.9 Å². The van der Waals surface area contributed by atoms with E-state index in [9.17, 15) is 4.79 Å². The first-order valence-electron chi connectivity index (χ1n) is 10.4. The molecule has 0 spiro atoms. The van der Waals surface area contributed by atoms with E-state index in [4.69, 9.17) is 16.6 Å². The van der Waals surface area contributed by atoms with Crippen molar-refractivity contribution < 1.29 is 0 Å². The van der Waals surface area contributed by atoms with Gasteiger partial charge in [0.15, 0.2) is 11.2 Å². The molecular formula is C26H21ClN4O. The number of hydrogen-bond acceptors (Lipinski definition) is 3. The summed E-state index contributed by atoms with van der Waals surface area (Å²) < 4.78 is 3.44. The van der Waals surface area contributed by atoms with Crippen LogP contribution < -0.4 is 5.56 Å². The topological polar surface area (TPSA) is 52.7 Å². The second kappa shape index (κ2) is 8.09. The third kappa shape index (κ3) is 3.51. The van der Waals surface area contributed by atoms with Crippen LogP contribution in [0, 0.1) is 0 Å². The largest absolute Gasteiger partial charge is 0.293 e. The van der Waals surface area contributed by atoms with Crippen LogP contribution in [0.1, 0.15) is 25.3 Å². The van der Waals surface area contributed by atoms with Crippen LogP contribution in [0.4, 0.5) is 0 Å². The van der Waals surface area contributed by atoms with Gasteiger partial charge in [0.2, 0.25) is 0 Å². The lowest BCUT2D eigenvalue weighted by Crippen LogP contribution is -2.23. The lowest BCUT2D eigenvalue weighted by Gasteiger charge is -2.14. The molecule has 0 atom stereocenters. The minimum absolute atomic E-state index is 0.182. The number of fused-ring (bicyclic) bond motifs is 1. The van der Waals surface area contributed by atoms with Crippen molar-refractivity contribution in [3.8, 4) is 22.8 Å². The Kier molecular flexibility index (Phi) is 5.11. The van der Waals surface area contributed by atoms with Crippen molar-refractivity contribution in [2.75, 3.05) is 0 Å². The van der Waals surface area contributed by atoms with Crippen molar-refractivity contribution in [3.63, 3.8) is 0 Å². The van der Waals surface area contributed by atoms with E-state index in [1.807, 2.05) is 54.6 Å². The second-order valence-electron chi connectivity index (χ2n) is 7.95. The Labute approximate surface area is 190 Å². The highest BCUT2D eigenvalue weighted by Crippen LogP contribution is 2.25. The Morgan fingerprint density at radius 3 is 2.19 bits per heavy atom. The molecule has 0 aliphatic heterocycles. The summed E-state index contributed by atoms with van der Waals surface area (Å²) in [6.45, 7) is 4.29. The number of halogens is 1. The Hall–Kier alpha value is -3.70. The number of para-hydroxylation sites is 1. The molecular weight excluding hydrogens is 420 g/mol. The Morgan fingerprint density at radius 2 is 1.53 bits per heavy atom. The summed E-state index contributed by atoms with van der Waals surface area (Å²) in [4.78, 5) is 23.1. The van der Waals surface area contributed by atoms with Gasteiger partial charge in [-0.1, -0.05) is 55.8 Å². The lowest BCUT2D eigenvalue weighted by molar-refractivity contribution is 0.863. The number of rotatable bonds is 4. The first-order chi connectivity index (χ1) is 15.5. The van der Waals surface area contributed by atoms with Crippen LogP contribution in [0.5, 0.6) is 0 Å². The smallest absolute Gasteiger partial charge is 0.285 e. The molecule has 0 aliphatic rings. The number of aromatic nitrogens is 4. The van der Waals surface area contributed by atoms with Gasteiger partial charge in [-0.2, -0.15) is 0 Å². The molecule has 5 aromatic rings.